The molecule has 1 atom stereocenters. The highest BCUT2D eigenvalue weighted by molar-refractivity contribution is 6.09. The largest absolute Gasteiger partial charge is 0.360 e. The lowest BCUT2D eigenvalue weighted by Gasteiger charge is -2.33. The average Bonchev–Trinajstić information content (AvgIpc) is 3.56. The molecule has 1 saturated carbocycles. The van der Waals surface area contributed by atoms with Crippen LogP contribution in [0.3, 0.4) is 0 Å². The molecule has 1 aromatic carbocycles. The Bertz CT molecular complexity index is 1190. The molecule has 3 aliphatic heterocycles. The van der Waals surface area contributed by atoms with Gasteiger partial charge in [-0.15, -0.1) is 4.59 Å². The van der Waals surface area contributed by atoms with Gasteiger partial charge >= 0.3 is 0 Å². The Morgan fingerprint density at radius 1 is 1.12 bits per heavy atom. The number of fused-ring (bicyclic) bond motifs is 2. The number of quaternary nitrogens is 1. The predicted octanol–water partition coefficient (Wildman–Crippen LogP) is 3.81. The van der Waals surface area contributed by atoms with E-state index in [9.17, 15) is 4.79 Å². The first-order chi connectivity index (χ1) is 15.6. The molecule has 1 aliphatic carbocycles. The van der Waals surface area contributed by atoms with E-state index >= 15 is 0 Å². The highest BCUT2D eigenvalue weighted by Crippen LogP contribution is 2.39. The third kappa shape index (κ3) is 2.99. The van der Waals surface area contributed by atoms with Crippen LogP contribution < -0.4 is 5.84 Å². The first-order valence-corrected chi connectivity index (χ1v) is 11.7. The number of piperidine rings is 1. The van der Waals surface area contributed by atoms with E-state index in [1.165, 1.54) is 12.8 Å². The Morgan fingerprint density at radius 2 is 1.91 bits per heavy atom. The lowest BCUT2D eigenvalue weighted by atomic mass is 9.91. The number of nitrogens with zero attached hydrogens (tertiary/aromatic N) is 4. The van der Waals surface area contributed by atoms with Crippen LogP contribution in [0.5, 0.6) is 0 Å². The predicted molar refractivity (Wildman–Crippen MR) is 125 cm³/mol. The van der Waals surface area contributed by atoms with Gasteiger partial charge in [-0.25, -0.2) is 0 Å². The van der Waals surface area contributed by atoms with Crippen molar-refractivity contribution >= 4 is 28.9 Å². The Labute approximate surface area is 187 Å². The van der Waals surface area contributed by atoms with Crippen molar-refractivity contribution in [2.24, 2.45) is 27.7 Å². The number of carbonyl (C=O) groups is 1. The fourth-order valence-corrected chi connectivity index (χ4v) is 5.75. The maximum Gasteiger partial charge on any atom is 0.267 e. The van der Waals surface area contributed by atoms with Crippen LogP contribution in [-0.4, -0.2) is 45.5 Å². The molecule has 1 amide bonds. The number of allylic oxidation sites excluding steroid dienone is 2. The molecule has 7 heteroatoms. The number of carbonyl (C=O) groups excluding carboxylic acids is 1. The van der Waals surface area contributed by atoms with E-state index in [1.54, 1.807) is 6.20 Å². The smallest absolute Gasteiger partial charge is 0.267 e. The molecule has 32 heavy (non-hydrogen) atoms. The molecule has 0 bridgehead atoms. The van der Waals surface area contributed by atoms with Crippen molar-refractivity contribution in [3.05, 3.63) is 59.8 Å². The van der Waals surface area contributed by atoms with E-state index in [-0.39, 0.29) is 16.4 Å². The number of amidine groups is 1. The summed E-state index contributed by atoms with van der Waals surface area (Å²) in [6.07, 6.45) is 13.8. The molecule has 3 N–H and O–H groups in total. The molecule has 0 spiro atoms. The van der Waals surface area contributed by atoms with E-state index in [0.717, 1.165) is 72.5 Å². The maximum absolute atomic E-state index is 12.9. The number of aliphatic imine (C=N–C) groups is 2. The number of aromatic nitrogens is 1. The topological polar surface area (TPSA) is 86.8 Å². The number of H-pyrrole nitrogens is 1. The summed E-state index contributed by atoms with van der Waals surface area (Å²) in [5.74, 6) is 8.64. The standard InChI is InChI=1S/C25H29N6O/c26-31-14-11-27-16-22(31)23(29-24(31)20-15-28-21-8-4-3-7-19(20)21)17-9-12-30(13-10-17)25(32)18-5-1-2-6-18/h3-4,7-8,11,14-18,28H,1-2,5-6,9-10,12-13,26H2/q+1. The number of aromatic amines is 1. The van der Waals surface area contributed by atoms with Gasteiger partial charge in [-0.05, 0) is 31.7 Å². The molecule has 6 rings (SSSR count). The SMILES string of the molecule is N[N+]12C=CN=CC1=C(C1CCN(C(=O)C3CCCC3)CC1)N=C2c1c[nH]c2ccccc12. The second kappa shape index (κ2) is 7.53. The number of rotatable bonds is 3. The van der Waals surface area contributed by atoms with Gasteiger partial charge < -0.3 is 9.88 Å². The van der Waals surface area contributed by atoms with Crippen LogP contribution in [0.2, 0.25) is 0 Å². The van der Waals surface area contributed by atoms with Gasteiger partial charge in [0.25, 0.3) is 5.84 Å². The maximum atomic E-state index is 12.9. The minimum atomic E-state index is 0.0436. The lowest BCUT2D eigenvalue weighted by molar-refractivity contribution is -0.750. The Hall–Kier alpha value is -3.03. The highest BCUT2D eigenvalue weighted by atomic mass is 16.2. The second-order valence-electron chi connectivity index (χ2n) is 9.39. The first-order valence-electron chi connectivity index (χ1n) is 11.7. The number of nitrogens with one attached hydrogen (secondary N) is 1. The van der Waals surface area contributed by atoms with Gasteiger partial charge in [0, 0.05) is 42.0 Å². The number of benzene rings is 1. The molecule has 164 valence electrons. The number of para-hydroxylation sites is 1. The molecule has 1 aromatic heterocycles. The van der Waals surface area contributed by atoms with Gasteiger partial charge in [0.05, 0.1) is 18.0 Å². The molecule has 0 radical (unpaired) electrons. The normalized spacial score (nSPS) is 26.3. The fraction of sp³-hybridized carbons (Fsp3) is 0.400. The summed E-state index contributed by atoms with van der Waals surface area (Å²) in [5, 5.41) is 1.11. The minimum absolute atomic E-state index is 0.0436. The van der Waals surface area contributed by atoms with Gasteiger partial charge in [-0.3, -0.25) is 9.79 Å². The van der Waals surface area contributed by atoms with Crippen LogP contribution in [0.1, 0.15) is 44.1 Å². The Morgan fingerprint density at radius 3 is 2.72 bits per heavy atom. The zero-order chi connectivity index (χ0) is 21.7. The first kappa shape index (κ1) is 19.6. The van der Waals surface area contributed by atoms with Crippen LogP contribution in [0.4, 0.5) is 0 Å². The number of hydrogen-bond donors (Lipinski definition) is 2. The molecule has 4 heterocycles. The number of hydrogen-bond acceptors (Lipinski definition) is 4. The van der Waals surface area contributed by atoms with Crippen LogP contribution in [0.25, 0.3) is 10.9 Å². The number of nitrogens with two attached hydrogens (primary N) is 1. The number of amides is 1. The van der Waals surface area contributed by atoms with Crippen molar-refractivity contribution in [3.8, 4) is 0 Å². The summed E-state index contributed by atoms with van der Waals surface area (Å²) in [6.45, 7) is 1.60. The van der Waals surface area contributed by atoms with Crippen molar-refractivity contribution < 1.29 is 9.39 Å². The molecule has 1 unspecified atom stereocenters. The highest BCUT2D eigenvalue weighted by Gasteiger charge is 2.47. The third-order valence-corrected chi connectivity index (χ3v) is 7.55. The molecule has 2 fully saturated rings. The summed E-state index contributed by atoms with van der Waals surface area (Å²) in [7, 11) is 0. The van der Waals surface area contributed by atoms with E-state index in [0.29, 0.717) is 5.91 Å². The molecular weight excluding hydrogens is 400 g/mol. The molecule has 1 saturated heterocycles. The van der Waals surface area contributed by atoms with Gasteiger partial charge in [-0.1, -0.05) is 31.0 Å². The van der Waals surface area contributed by atoms with Gasteiger partial charge in [0.2, 0.25) is 11.6 Å². The summed E-state index contributed by atoms with van der Waals surface area (Å²) in [4.78, 5) is 27.8. The van der Waals surface area contributed by atoms with E-state index in [2.05, 4.69) is 27.0 Å². The summed E-state index contributed by atoms with van der Waals surface area (Å²) < 4.78 is 0.0436. The minimum Gasteiger partial charge on any atom is -0.360 e. The Kier molecular flexibility index (Phi) is 4.62. The van der Waals surface area contributed by atoms with Crippen LogP contribution in [0, 0.1) is 11.8 Å². The van der Waals surface area contributed by atoms with E-state index in [4.69, 9.17) is 10.8 Å². The lowest BCUT2D eigenvalue weighted by Crippen LogP contribution is -2.53. The average molecular weight is 430 g/mol. The quantitative estimate of drug-likeness (QED) is 0.574. The summed E-state index contributed by atoms with van der Waals surface area (Å²) in [5.41, 5.74) is 4.05. The van der Waals surface area contributed by atoms with E-state index in [1.807, 2.05) is 30.7 Å². The van der Waals surface area contributed by atoms with Crippen molar-refractivity contribution in [2.45, 2.75) is 38.5 Å². The van der Waals surface area contributed by atoms with Crippen LogP contribution in [0.15, 0.2) is 64.2 Å². The Balaban J connectivity index is 1.30. The van der Waals surface area contributed by atoms with Crippen molar-refractivity contribution in [3.63, 3.8) is 0 Å². The summed E-state index contributed by atoms with van der Waals surface area (Å²) in [6, 6.07) is 8.22. The van der Waals surface area contributed by atoms with Crippen LogP contribution in [-0.2, 0) is 4.79 Å². The molecule has 4 aliphatic rings. The van der Waals surface area contributed by atoms with Crippen molar-refractivity contribution in [1.82, 2.24) is 9.88 Å². The fourth-order valence-electron chi connectivity index (χ4n) is 5.75. The van der Waals surface area contributed by atoms with Crippen molar-refractivity contribution in [2.75, 3.05) is 13.1 Å². The second-order valence-corrected chi connectivity index (χ2v) is 9.39. The van der Waals surface area contributed by atoms with Gasteiger partial charge in [-0.2, -0.15) is 10.8 Å². The molecule has 2 aromatic rings. The van der Waals surface area contributed by atoms with Gasteiger partial charge in [0.1, 0.15) is 11.9 Å². The zero-order valence-electron chi connectivity index (χ0n) is 18.2. The third-order valence-electron chi connectivity index (χ3n) is 7.55. The number of likely N-dealkylation sites (tertiary alicyclic amines) is 1. The monoisotopic (exact) mass is 429 g/mol. The van der Waals surface area contributed by atoms with Crippen LogP contribution >= 0.6 is 0 Å². The van der Waals surface area contributed by atoms with Gasteiger partial charge in [0.15, 0.2) is 0 Å². The summed E-state index contributed by atoms with van der Waals surface area (Å²) >= 11 is 0. The molecule has 7 nitrogen and oxygen atoms in total. The van der Waals surface area contributed by atoms with E-state index < -0.39 is 0 Å². The zero-order valence-corrected chi connectivity index (χ0v) is 18.2. The molecular formula is C25H29N6O+. The van der Waals surface area contributed by atoms with Crippen molar-refractivity contribution in [1.29, 1.82) is 0 Å².